The number of carbonyl (C=O) groups excluding carboxylic acids is 1. The molecular formula is C14H18F2N2O. The van der Waals surface area contributed by atoms with Gasteiger partial charge in [-0.1, -0.05) is 13.8 Å². The number of hydrogen-bond donors (Lipinski definition) is 1. The SMILES string of the molecule is CC1(C)CCCN(C(=O)c2c(F)ccc(N)c2F)C1. The highest BCUT2D eigenvalue weighted by Gasteiger charge is 2.32. The Bertz CT molecular complexity index is 514. The van der Waals surface area contributed by atoms with Gasteiger partial charge in [-0.25, -0.2) is 8.78 Å². The molecule has 1 amide bonds. The summed E-state index contributed by atoms with van der Waals surface area (Å²) in [6.45, 7) is 5.10. The number of nitrogen functional groups attached to an aromatic ring is 1. The van der Waals surface area contributed by atoms with Crippen molar-refractivity contribution >= 4 is 11.6 Å². The molecule has 1 saturated heterocycles. The van der Waals surface area contributed by atoms with E-state index in [1.807, 2.05) is 13.8 Å². The minimum atomic E-state index is -0.964. The fourth-order valence-corrected chi connectivity index (χ4v) is 2.52. The maximum Gasteiger partial charge on any atom is 0.259 e. The lowest BCUT2D eigenvalue weighted by molar-refractivity contribution is 0.0574. The molecule has 2 N–H and O–H groups in total. The summed E-state index contributed by atoms with van der Waals surface area (Å²) in [4.78, 5) is 13.8. The second-order valence-corrected chi connectivity index (χ2v) is 5.82. The fraction of sp³-hybridized carbons (Fsp3) is 0.500. The molecule has 0 bridgehead atoms. The highest BCUT2D eigenvalue weighted by molar-refractivity contribution is 5.95. The quantitative estimate of drug-likeness (QED) is 0.796. The highest BCUT2D eigenvalue weighted by Crippen LogP contribution is 2.30. The van der Waals surface area contributed by atoms with E-state index < -0.39 is 23.1 Å². The third-order valence-corrected chi connectivity index (χ3v) is 3.52. The van der Waals surface area contributed by atoms with Crippen molar-refractivity contribution in [3.05, 3.63) is 29.3 Å². The van der Waals surface area contributed by atoms with Crippen LogP contribution in [0.4, 0.5) is 14.5 Å². The van der Waals surface area contributed by atoms with Gasteiger partial charge in [0.05, 0.1) is 5.69 Å². The van der Waals surface area contributed by atoms with Crippen LogP contribution in [0.2, 0.25) is 0 Å². The molecule has 1 aliphatic heterocycles. The van der Waals surface area contributed by atoms with Crippen LogP contribution in [0.25, 0.3) is 0 Å². The summed E-state index contributed by atoms with van der Waals surface area (Å²) in [6.07, 6.45) is 1.84. The molecule has 0 atom stereocenters. The van der Waals surface area contributed by atoms with Crippen LogP contribution in [-0.4, -0.2) is 23.9 Å². The normalized spacial score (nSPS) is 18.4. The predicted molar refractivity (Wildman–Crippen MR) is 69.7 cm³/mol. The van der Waals surface area contributed by atoms with Crippen LogP contribution in [0, 0.1) is 17.0 Å². The average Bonchev–Trinajstić information content (AvgIpc) is 2.33. The number of amides is 1. The molecule has 2 rings (SSSR count). The summed E-state index contributed by atoms with van der Waals surface area (Å²) >= 11 is 0. The van der Waals surface area contributed by atoms with Crippen LogP contribution in [-0.2, 0) is 0 Å². The number of hydrogen-bond acceptors (Lipinski definition) is 2. The molecule has 0 spiro atoms. The van der Waals surface area contributed by atoms with Crippen molar-refractivity contribution in [2.24, 2.45) is 5.41 Å². The number of carbonyl (C=O) groups is 1. The maximum absolute atomic E-state index is 13.8. The van der Waals surface area contributed by atoms with Crippen molar-refractivity contribution in [2.75, 3.05) is 18.8 Å². The molecule has 19 heavy (non-hydrogen) atoms. The van der Waals surface area contributed by atoms with E-state index in [1.165, 1.54) is 4.90 Å². The van der Waals surface area contributed by atoms with Gasteiger partial charge in [0, 0.05) is 13.1 Å². The van der Waals surface area contributed by atoms with Gasteiger partial charge in [-0.2, -0.15) is 0 Å². The van der Waals surface area contributed by atoms with Crippen molar-refractivity contribution in [1.82, 2.24) is 4.90 Å². The van der Waals surface area contributed by atoms with Crippen molar-refractivity contribution in [3.63, 3.8) is 0 Å². The Morgan fingerprint density at radius 2 is 2.05 bits per heavy atom. The van der Waals surface area contributed by atoms with Crippen LogP contribution in [0.5, 0.6) is 0 Å². The molecular weight excluding hydrogens is 250 g/mol. The van der Waals surface area contributed by atoms with Crippen molar-refractivity contribution < 1.29 is 13.6 Å². The molecule has 5 heteroatoms. The monoisotopic (exact) mass is 268 g/mol. The second-order valence-electron chi connectivity index (χ2n) is 5.82. The first-order valence-corrected chi connectivity index (χ1v) is 6.34. The summed E-state index contributed by atoms with van der Waals surface area (Å²) in [5.74, 6) is -2.44. The number of piperidine rings is 1. The summed E-state index contributed by atoms with van der Waals surface area (Å²) in [6, 6.07) is 2.16. The zero-order chi connectivity index (χ0) is 14.2. The van der Waals surface area contributed by atoms with Gasteiger partial charge in [-0.15, -0.1) is 0 Å². The van der Waals surface area contributed by atoms with E-state index in [0.29, 0.717) is 13.1 Å². The van der Waals surface area contributed by atoms with Crippen LogP contribution >= 0.6 is 0 Å². The number of nitrogens with two attached hydrogens (primary N) is 1. The predicted octanol–water partition coefficient (Wildman–Crippen LogP) is 2.81. The van der Waals surface area contributed by atoms with E-state index >= 15 is 0 Å². The van der Waals surface area contributed by atoms with Crippen molar-refractivity contribution in [1.29, 1.82) is 0 Å². The first-order chi connectivity index (χ1) is 8.82. The number of halogens is 2. The Morgan fingerprint density at radius 1 is 1.37 bits per heavy atom. The smallest absolute Gasteiger partial charge is 0.259 e. The van der Waals surface area contributed by atoms with Crippen molar-refractivity contribution in [3.8, 4) is 0 Å². The summed E-state index contributed by atoms with van der Waals surface area (Å²) in [5.41, 5.74) is 4.62. The van der Waals surface area contributed by atoms with Gasteiger partial charge >= 0.3 is 0 Å². The Kier molecular flexibility index (Phi) is 3.47. The number of likely N-dealkylation sites (tertiary alicyclic amines) is 1. The Morgan fingerprint density at radius 3 is 2.68 bits per heavy atom. The van der Waals surface area contributed by atoms with Crippen LogP contribution in [0.3, 0.4) is 0 Å². The zero-order valence-corrected chi connectivity index (χ0v) is 11.2. The largest absolute Gasteiger partial charge is 0.396 e. The van der Waals surface area contributed by atoms with Gasteiger partial charge in [-0.05, 0) is 30.4 Å². The lowest BCUT2D eigenvalue weighted by Gasteiger charge is -2.38. The van der Waals surface area contributed by atoms with Crippen LogP contribution in [0.1, 0.15) is 37.0 Å². The molecule has 104 valence electrons. The van der Waals surface area contributed by atoms with Gasteiger partial charge in [0.15, 0.2) is 5.82 Å². The number of anilines is 1. The van der Waals surface area contributed by atoms with Crippen LogP contribution in [0.15, 0.2) is 12.1 Å². The molecule has 1 aromatic carbocycles. The third-order valence-electron chi connectivity index (χ3n) is 3.52. The van der Waals surface area contributed by atoms with E-state index in [-0.39, 0.29) is 11.1 Å². The van der Waals surface area contributed by atoms with E-state index in [2.05, 4.69) is 0 Å². The maximum atomic E-state index is 13.8. The van der Waals surface area contributed by atoms with Gasteiger partial charge in [0.2, 0.25) is 0 Å². The molecule has 1 fully saturated rings. The van der Waals surface area contributed by atoms with E-state index in [4.69, 9.17) is 5.73 Å². The zero-order valence-electron chi connectivity index (χ0n) is 11.2. The molecule has 1 aliphatic rings. The van der Waals surface area contributed by atoms with Crippen molar-refractivity contribution in [2.45, 2.75) is 26.7 Å². The Balaban J connectivity index is 2.32. The van der Waals surface area contributed by atoms with Gasteiger partial charge in [-0.3, -0.25) is 4.79 Å². The molecule has 0 saturated carbocycles. The van der Waals surface area contributed by atoms with E-state index in [0.717, 1.165) is 25.0 Å². The Labute approximate surface area is 111 Å². The van der Waals surface area contributed by atoms with Crippen LogP contribution < -0.4 is 5.73 Å². The Hall–Kier alpha value is -1.65. The standard InChI is InChI=1S/C14H18F2N2O/c1-14(2)6-3-7-18(8-14)13(19)11-9(15)4-5-10(17)12(11)16/h4-5H,3,6-8,17H2,1-2H3. The third kappa shape index (κ3) is 2.69. The topological polar surface area (TPSA) is 46.3 Å². The molecule has 0 radical (unpaired) electrons. The lowest BCUT2D eigenvalue weighted by Crippen LogP contribution is -2.44. The summed E-state index contributed by atoms with van der Waals surface area (Å²) < 4.78 is 27.5. The number of benzene rings is 1. The summed E-state index contributed by atoms with van der Waals surface area (Å²) in [7, 11) is 0. The molecule has 1 aromatic rings. The molecule has 3 nitrogen and oxygen atoms in total. The van der Waals surface area contributed by atoms with Gasteiger partial charge < -0.3 is 10.6 Å². The van der Waals surface area contributed by atoms with Gasteiger partial charge in [0.25, 0.3) is 5.91 Å². The minimum absolute atomic E-state index is 0.0266. The summed E-state index contributed by atoms with van der Waals surface area (Å²) in [5, 5.41) is 0. The van der Waals surface area contributed by atoms with E-state index in [1.54, 1.807) is 0 Å². The molecule has 0 aromatic heterocycles. The molecule has 0 unspecified atom stereocenters. The van der Waals surface area contributed by atoms with E-state index in [9.17, 15) is 13.6 Å². The second kappa shape index (κ2) is 4.79. The highest BCUT2D eigenvalue weighted by atomic mass is 19.1. The first-order valence-electron chi connectivity index (χ1n) is 6.34. The minimum Gasteiger partial charge on any atom is -0.396 e. The average molecular weight is 268 g/mol. The van der Waals surface area contributed by atoms with Gasteiger partial charge in [0.1, 0.15) is 11.4 Å². The first kappa shape index (κ1) is 13.8. The lowest BCUT2D eigenvalue weighted by atomic mass is 9.84. The number of nitrogens with zero attached hydrogens (tertiary/aromatic N) is 1. The number of rotatable bonds is 1. The molecule has 0 aliphatic carbocycles. The fourth-order valence-electron chi connectivity index (χ4n) is 2.52. The molecule has 1 heterocycles.